The summed E-state index contributed by atoms with van der Waals surface area (Å²) >= 11 is 5.89. The minimum absolute atomic E-state index is 0.135. The lowest BCUT2D eigenvalue weighted by Crippen LogP contribution is -2.29. The van der Waals surface area contributed by atoms with E-state index in [-0.39, 0.29) is 11.8 Å². The van der Waals surface area contributed by atoms with Gasteiger partial charge < -0.3 is 9.64 Å². The molecule has 0 N–H and O–H groups in total. The van der Waals surface area contributed by atoms with Gasteiger partial charge in [0, 0.05) is 16.6 Å². The molecule has 2 atom stereocenters. The van der Waals surface area contributed by atoms with Gasteiger partial charge in [-0.1, -0.05) is 29.8 Å². The van der Waals surface area contributed by atoms with Gasteiger partial charge in [0.25, 0.3) is 0 Å². The molecule has 3 aromatic rings. The lowest BCUT2D eigenvalue weighted by molar-refractivity contribution is -0.137. The van der Waals surface area contributed by atoms with Crippen molar-refractivity contribution in [2.24, 2.45) is 5.92 Å². The van der Waals surface area contributed by atoms with Crippen molar-refractivity contribution >= 4 is 23.2 Å². The summed E-state index contributed by atoms with van der Waals surface area (Å²) in [5.74, 6) is 0.694. The predicted molar refractivity (Wildman–Crippen MR) is 123 cm³/mol. The number of anilines is 1. The van der Waals surface area contributed by atoms with E-state index in [0.29, 0.717) is 40.6 Å². The Kier molecular flexibility index (Phi) is 6.47. The molecule has 33 heavy (non-hydrogen) atoms. The molecule has 4 rings (SSSR count). The Morgan fingerprint density at radius 2 is 1.67 bits per heavy atom. The largest absolute Gasteiger partial charge is 0.457 e. The molecule has 170 valence electrons. The molecule has 1 heterocycles. The van der Waals surface area contributed by atoms with Crippen molar-refractivity contribution in [3.05, 3.63) is 102 Å². The normalized spacial score (nSPS) is 18.4. The number of alkyl halides is 3. The van der Waals surface area contributed by atoms with Crippen LogP contribution >= 0.6 is 11.6 Å². The third-order valence-electron chi connectivity index (χ3n) is 5.62. The highest BCUT2D eigenvalue weighted by molar-refractivity contribution is 6.30. The molecular weight excluding hydrogens is 451 g/mol. The second-order valence-electron chi connectivity index (χ2n) is 7.85. The first-order valence-electron chi connectivity index (χ1n) is 10.4. The third-order valence-corrected chi connectivity index (χ3v) is 5.87. The van der Waals surface area contributed by atoms with Crippen molar-refractivity contribution in [3.63, 3.8) is 0 Å². The fraction of sp³-hybridized carbons (Fsp3) is 0.192. The van der Waals surface area contributed by atoms with Crippen LogP contribution in [0.5, 0.6) is 11.5 Å². The van der Waals surface area contributed by atoms with E-state index in [0.717, 1.165) is 12.1 Å². The van der Waals surface area contributed by atoms with Gasteiger partial charge in [0.2, 0.25) is 5.91 Å². The quantitative estimate of drug-likeness (QED) is 0.343. The maximum atomic E-state index is 13.3. The summed E-state index contributed by atoms with van der Waals surface area (Å²) in [6.45, 7) is 3.71. The lowest BCUT2D eigenvalue weighted by Gasteiger charge is -2.26. The Bertz CT molecular complexity index is 1140. The third kappa shape index (κ3) is 5.06. The molecule has 0 spiro atoms. The van der Waals surface area contributed by atoms with Crippen LogP contribution < -0.4 is 9.64 Å². The Morgan fingerprint density at radius 3 is 2.27 bits per heavy atom. The van der Waals surface area contributed by atoms with Crippen LogP contribution in [0.3, 0.4) is 0 Å². The standard InChI is InChI=1S/C26H21ClF3NO2/c1-2-4-18-16-24(17-5-3-6-19(15-17)26(28,29)30)31(25(18)32)21-9-13-23(14-10-21)33-22-11-7-20(27)8-12-22/h2-3,5-15,18,24H,1,4,16H2. The second-order valence-corrected chi connectivity index (χ2v) is 8.29. The molecular formula is C26H21ClF3NO2. The zero-order chi connectivity index (χ0) is 23.6. The molecule has 2 unspecified atom stereocenters. The number of ether oxygens (including phenoxy) is 1. The highest BCUT2D eigenvalue weighted by atomic mass is 35.5. The number of carbonyl (C=O) groups is 1. The summed E-state index contributed by atoms with van der Waals surface area (Å²) in [5, 5.41) is 0.597. The predicted octanol–water partition coefficient (Wildman–Crippen LogP) is 7.82. The van der Waals surface area contributed by atoms with E-state index in [1.165, 1.54) is 6.07 Å². The molecule has 0 saturated carbocycles. The molecule has 1 amide bonds. The number of hydrogen-bond acceptors (Lipinski definition) is 2. The SMILES string of the molecule is C=CCC1CC(c2cccc(C(F)(F)F)c2)N(c2ccc(Oc3ccc(Cl)cc3)cc2)C1=O. The zero-order valence-electron chi connectivity index (χ0n) is 17.6. The van der Waals surface area contributed by atoms with Crippen molar-refractivity contribution in [3.8, 4) is 11.5 Å². The molecule has 0 bridgehead atoms. The molecule has 1 saturated heterocycles. The number of rotatable bonds is 6. The zero-order valence-corrected chi connectivity index (χ0v) is 18.3. The minimum atomic E-state index is -4.45. The molecule has 3 aromatic carbocycles. The summed E-state index contributed by atoms with van der Waals surface area (Å²) < 4.78 is 45.6. The highest BCUT2D eigenvalue weighted by Crippen LogP contribution is 2.43. The fourth-order valence-electron chi connectivity index (χ4n) is 4.05. The number of amides is 1. The van der Waals surface area contributed by atoms with E-state index in [1.807, 2.05) is 0 Å². The molecule has 0 radical (unpaired) electrons. The summed E-state index contributed by atoms with van der Waals surface area (Å²) in [6.07, 6.45) is -1.92. The first kappa shape index (κ1) is 22.9. The summed E-state index contributed by atoms with van der Waals surface area (Å²) in [4.78, 5) is 14.8. The second kappa shape index (κ2) is 9.32. The van der Waals surface area contributed by atoms with Crippen LogP contribution in [-0.2, 0) is 11.0 Å². The number of carbonyl (C=O) groups excluding carboxylic acids is 1. The minimum Gasteiger partial charge on any atom is -0.457 e. The maximum absolute atomic E-state index is 13.3. The molecule has 0 aliphatic carbocycles. The molecule has 1 aliphatic heterocycles. The summed E-state index contributed by atoms with van der Waals surface area (Å²) in [5.41, 5.74) is 0.315. The Morgan fingerprint density at radius 1 is 1.03 bits per heavy atom. The van der Waals surface area contributed by atoms with Crippen LogP contribution in [-0.4, -0.2) is 5.91 Å². The smallest absolute Gasteiger partial charge is 0.416 e. The van der Waals surface area contributed by atoms with E-state index < -0.39 is 17.8 Å². The van der Waals surface area contributed by atoms with Crippen LogP contribution in [0.1, 0.15) is 30.0 Å². The number of halogens is 4. The fourth-order valence-corrected chi connectivity index (χ4v) is 4.18. The number of allylic oxidation sites excluding steroid dienone is 1. The molecule has 1 aliphatic rings. The van der Waals surface area contributed by atoms with Crippen molar-refractivity contribution in [1.82, 2.24) is 0 Å². The first-order valence-corrected chi connectivity index (χ1v) is 10.8. The van der Waals surface area contributed by atoms with E-state index >= 15 is 0 Å². The Balaban J connectivity index is 1.63. The number of nitrogens with zero attached hydrogens (tertiary/aromatic N) is 1. The van der Waals surface area contributed by atoms with Gasteiger partial charge in [0.1, 0.15) is 11.5 Å². The summed E-state index contributed by atoms with van der Waals surface area (Å²) in [7, 11) is 0. The molecule has 0 aromatic heterocycles. The number of hydrogen-bond donors (Lipinski definition) is 0. The van der Waals surface area contributed by atoms with Crippen LogP contribution in [0.25, 0.3) is 0 Å². The van der Waals surface area contributed by atoms with E-state index in [4.69, 9.17) is 16.3 Å². The maximum Gasteiger partial charge on any atom is 0.416 e. The van der Waals surface area contributed by atoms with Crippen LogP contribution in [0, 0.1) is 5.92 Å². The van der Waals surface area contributed by atoms with Crippen LogP contribution in [0.4, 0.5) is 18.9 Å². The average Bonchev–Trinajstić information content (AvgIpc) is 3.12. The van der Waals surface area contributed by atoms with Crippen molar-refractivity contribution in [2.45, 2.75) is 25.1 Å². The van der Waals surface area contributed by atoms with Gasteiger partial charge in [-0.05, 0) is 79.1 Å². The van der Waals surface area contributed by atoms with Crippen molar-refractivity contribution < 1.29 is 22.7 Å². The van der Waals surface area contributed by atoms with Gasteiger partial charge in [-0.3, -0.25) is 4.79 Å². The average molecular weight is 472 g/mol. The molecule has 1 fully saturated rings. The van der Waals surface area contributed by atoms with Gasteiger partial charge >= 0.3 is 6.18 Å². The van der Waals surface area contributed by atoms with Gasteiger partial charge in [-0.25, -0.2) is 0 Å². The van der Waals surface area contributed by atoms with Gasteiger partial charge in [-0.15, -0.1) is 6.58 Å². The summed E-state index contributed by atoms with van der Waals surface area (Å²) in [6, 6.07) is 18.5. The molecule has 3 nitrogen and oxygen atoms in total. The van der Waals surface area contributed by atoms with Crippen LogP contribution in [0.2, 0.25) is 5.02 Å². The highest BCUT2D eigenvalue weighted by Gasteiger charge is 2.41. The van der Waals surface area contributed by atoms with Crippen molar-refractivity contribution in [1.29, 1.82) is 0 Å². The lowest BCUT2D eigenvalue weighted by atomic mass is 9.96. The first-order chi connectivity index (χ1) is 15.8. The van der Waals surface area contributed by atoms with Gasteiger partial charge in [0.05, 0.1) is 11.6 Å². The van der Waals surface area contributed by atoms with E-state index in [1.54, 1.807) is 65.6 Å². The van der Waals surface area contributed by atoms with Crippen LogP contribution in [0.15, 0.2) is 85.5 Å². The van der Waals surface area contributed by atoms with E-state index in [2.05, 4.69) is 6.58 Å². The van der Waals surface area contributed by atoms with Gasteiger partial charge in [-0.2, -0.15) is 13.2 Å². The number of benzene rings is 3. The van der Waals surface area contributed by atoms with Crippen molar-refractivity contribution in [2.75, 3.05) is 4.90 Å². The molecule has 7 heteroatoms. The van der Waals surface area contributed by atoms with E-state index in [9.17, 15) is 18.0 Å². The Labute approximate surface area is 195 Å². The monoisotopic (exact) mass is 471 g/mol. The Hall–Kier alpha value is -3.25. The van der Waals surface area contributed by atoms with Gasteiger partial charge in [0.15, 0.2) is 0 Å². The topological polar surface area (TPSA) is 29.5 Å².